The topological polar surface area (TPSA) is 70.7 Å². The molecule has 6 nitrogen and oxygen atoms in total. The van der Waals surface area contributed by atoms with E-state index in [0.717, 1.165) is 48.0 Å². The van der Waals surface area contributed by atoms with Gasteiger partial charge in [-0.2, -0.15) is 0 Å². The van der Waals surface area contributed by atoms with Crippen LogP contribution < -0.4 is 15.5 Å². The summed E-state index contributed by atoms with van der Waals surface area (Å²) in [6.45, 7) is 5.54. The fourth-order valence-electron chi connectivity index (χ4n) is 3.58. The largest absolute Gasteiger partial charge is 0.378 e. The van der Waals surface area contributed by atoms with Crippen molar-refractivity contribution in [2.45, 2.75) is 13.5 Å². The van der Waals surface area contributed by atoms with Gasteiger partial charge in [0.25, 0.3) is 11.8 Å². The lowest BCUT2D eigenvalue weighted by atomic mass is 10.1. The van der Waals surface area contributed by atoms with Gasteiger partial charge in [-0.3, -0.25) is 9.59 Å². The summed E-state index contributed by atoms with van der Waals surface area (Å²) < 4.78 is 5.41. The molecule has 1 aliphatic rings. The first-order valence-corrected chi connectivity index (χ1v) is 11.8. The predicted octanol–water partition coefficient (Wildman–Crippen LogP) is 3.98. The summed E-state index contributed by atoms with van der Waals surface area (Å²) in [7, 11) is 0. The minimum Gasteiger partial charge on any atom is -0.378 e. The Kier molecular flexibility index (Phi) is 7.55. The number of morpholine rings is 1. The maximum Gasteiger partial charge on any atom is 0.268 e. The molecule has 33 heavy (non-hydrogen) atoms. The molecular weight excluding hydrogens is 434 g/mol. The van der Waals surface area contributed by atoms with Crippen LogP contribution in [0.25, 0.3) is 6.08 Å². The summed E-state index contributed by atoms with van der Waals surface area (Å²) in [5.41, 5.74) is 3.85. The van der Waals surface area contributed by atoms with Gasteiger partial charge in [0.1, 0.15) is 5.70 Å². The Morgan fingerprint density at radius 2 is 1.85 bits per heavy atom. The zero-order valence-corrected chi connectivity index (χ0v) is 19.4. The van der Waals surface area contributed by atoms with Gasteiger partial charge in [-0.15, -0.1) is 11.3 Å². The minimum absolute atomic E-state index is 0.217. The normalized spacial score (nSPS) is 14.1. The average molecular weight is 462 g/mol. The molecule has 7 heteroatoms. The summed E-state index contributed by atoms with van der Waals surface area (Å²) in [5, 5.41) is 7.64. The summed E-state index contributed by atoms with van der Waals surface area (Å²) in [5.74, 6) is -0.645. The zero-order valence-electron chi connectivity index (χ0n) is 18.5. The van der Waals surface area contributed by atoms with E-state index in [2.05, 4.69) is 27.7 Å². The molecule has 1 aliphatic heterocycles. The summed E-state index contributed by atoms with van der Waals surface area (Å²) in [4.78, 5) is 28.9. The van der Waals surface area contributed by atoms with Crippen molar-refractivity contribution in [3.05, 3.63) is 93.3 Å². The van der Waals surface area contributed by atoms with Gasteiger partial charge in [0, 0.05) is 35.8 Å². The number of hydrogen-bond acceptors (Lipinski definition) is 5. The van der Waals surface area contributed by atoms with Crippen molar-refractivity contribution in [3.63, 3.8) is 0 Å². The molecule has 0 bridgehead atoms. The third-order valence-electron chi connectivity index (χ3n) is 5.37. The van der Waals surface area contributed by atoms with Crippen LogP contribution in [0.2, 0.25) is 0 Å². The van der Waals surface area contributed by atoms with Crippen molar-refractivity contribution in [1.29, 1.82) is 0 Å². The number of nitrogens with one attached hydrogen (secondary N) is 2. The Balaban J connectivity index is 1.42. The molecule has 1 fully saturated rings. The first-order valence-electron chi connectivity index (χ1n) is 10.9. The molecule has 0 radical (unpaired) electrons. The first kappa shape index (κ1) is 22.8. The van der Waals surface area contributed by atoms with Crippen molar-refractivity contribution in [2.24, 2.45) is 0 Å². The fraction of sp³-hybridized carbons (Fsp3) is 0.231. The summed E-state index contributed by atoms with van der Waals surface area (Å²) >= 11 is 1.50. The third-order valence-corrected chi connectivity index (χ3v) is 6.19. The monoisotopic (exact) mass is 461 g/mol. The van der Waals surface area contributed by atoms with Crippen molar-refractivity contribution < 1.29 is 14.3 Å². The van der Waals surface area contributed by atoms with Crippen LogP contribution in [0, 0.1) is 6.92 Å². The van der Waals surface area contributed by atoms with Crippen molar-refractivity contribution in [1.82, 2.24) is 10.6 Å². The fourth-order valence-corrected chi connectivity index (χ4v) is 4.24. The van der Waals surface area contributed by atoms with Gasteiger partial charge in [-0.25, -0.2) is 0 Å². The second-order valence-electron chi connectivity index (χ2n) is 7.85. The van der Waals surface area contributed by atoms with Crippen molar-refractivity contribution in [3.8, 4) is 0 Å². The van der Waals surface area contributed by atoms with Crippen molar-refractivity contribution >= 4 is 34.9 Å². The minimum atomic E-state index is -0.332. The van der Waals surface area contributed by atoms with E-state index >= 15 is 0 Å². The molecule has 1 aromatic heterocycles. The molecule has 3 aromatic rings. The first-order chi connectivity index (χ1) is 16.1. The maximum absolute atomic E-state index is 13.0. The molecule has 2 amide bonds. The van der Waals surface area contributed by atoms with Gasteiger partial charge in [-0.05, 0) is 54.3 Å². The number of carbonyl (C=O) groups is 2. The molecule has 2 N–H and O–H groups in total. The smallest absolute Gasteiger partial charge is 0.268 e. The molecule has 0 unspecified atom stereocenters. The van der Waals surface area contributed by atoms with E-state index in [9.17, 15) is 9.59 Å². The average Bonchev–Trinajstić information content (AvgIpc) is 3.36. The number of rotatable bonds is 7. The Morgan fingerprint density at radius 3 is 2.55 bits per heavy atom. The molecule has 0 spiro atoms. The van der Waals surface area contributed by atoms with Crippen LogP contribution >= 0.6 is 11.3 Å². The van der Waals surface area contributed by atoms with Gasteiger partial charge in [-0.1, -0.05) is 35.9 Å². The summed E-state index contributed by atoms with van der Waals surface area (Å²) in [6.07, 6.45) is 1.70. The SMILES string of the molecule is Cc1cccc(C(=O)N/C(=C\c2cccs2)C(=O)NCc2ccc(N3CCOCC3)cc2)c1. The quantitative estimate of drug-likeness (QED) is 0.522. The number of anilines is 1. The van der Waals surface area contributed by atoms with Crippen molar-refractivity contribution in [2.75, 3.05) is 31.2 Å². The molecule has 2 aromatic carbocycles. The highest BCUT2D eigenvalue weighted by Crippen LogP contribution is 2.17. The molecule has 4 rings (SSSR count). The highest BCUT2D eigenvalue weighted by Gasteiger charge is 2.15. The van der Waals surface area contributed by atoms with Gasteiger partial charge < -0.3 is 20.3 Å². The Labute approximate surface area is 197 Å². The lowest BCUT2D eigenvalue weighted by Gasteiger charge is -2.28. The Morgan fingerprint density at radius 1 is 1.06 bits per heavy atom. The summed E-state index contributed by atoms with van der Waals surface area (Å²) in [6, 6.07) is 19.3. The zero-order chi connectivity index (χ0) is 23.0. The molecule has 2 heterocycles. The standard InChI is InChI=1S/C26H27N3O3S/c1-19-4-2-5-21(16-19)25(30)28-24(17-23-6-3-15-33-23)26(31)27-18-20-7-9-22(10-8-20)29-11-13-32-14-12-29/h2-10,15-17H,11-14,18H2,1H3,(H,27,31)(H,28,30)/b24-17-. The third kappa shape index (κ3) is 6.31. The maximum atomic E-state index is 13.0. The number of ether oxygens (including phenoxy) is 1. The lowest BCUT2D eigenvalue weighted by molar-refractivity contribution is -0.117. The molecule has 170 valence electrons. The van der Waals surface area contributed by atoms with Crippen LogP contribution in [0.4, 0.5) is 5.69 Å². The number of aryl methyl sites for hydroxylation is 1. The Bertz CT molecular complexity index is 1120. The number of benzene rings is 2. The van der Waals surface area contributed by atoms with Gasteiger partial charge in [0.15, 0.2) is 0 Å². The number of carbonyl (C=O) groups excluding carboxylic acids is 2. The highest BCUT2D eigenvalue weighted by atomic mass is 32.1. The van der Waals surface area contributed by atoms with E-state index in [1.54, 1.807) is 18.2 Å². The molecule has 0 atom stereocenters. The van der Waals surface area contributed by atoms with Crippen LogP contribution in [0.5, 0.6) is 0 Å². The molecule has 1 saturated heterocycles. The van der Waals surface area contributed by atoms with Crippen LogP contribution in [-0.2, 0) is 16.1 Å². The van der Waals surface area contributed by atoms with E-state index < -0.39 is 0 Å². The lowest BCUT2D eigenvalue weighted by Crippen LogP contribution is -2.36. The predicted molar refractivity (Wildman–Crippen MR) is 132 cm³/mol. The van der Waals surface area contributed by atoms with Crippen LogP contribution in [0.1, 0.15) is 26.4 Å². The number of amides is 2. The van der Waals surface area contributed by atoms with E-state index in [0.29, 0.717) is 12.1 Å². The van der Waals surface area contributed by atoms with Gasteiger partial charge >= 0.3 is 0 Å². The second-order valence-corrected chi connectivity index (χ2v) is 8.82. The van der Waals surface area contributed by atoms with Gasteiger partial charge in [0.2, 0.25) is 0 Å². The number of nitrogens with zero attached hydrogens (tertiary/aromatic N) is 1. The van der Waals surface area contributed by atoms with E-state index in [-0.39, 0.29) is 17.5 Å². The van der Waals surface area contributed by atoms with Crippen LogP contribution in [0.3, 0.4) is 0 Å². The molecular formula is C26H27N3O3S. The number of thiophene rings is 1. The highest BCUT2D eigenvalue weighted by molar-refractivity contribution is 7.10. The van der Waals surface area contributed by atoms with E-state index in [1.165, 1.54) is 11.3 Å². The number of hydrogen-bond donors (Lipinski definition) is 2. The molecule has 0 aliphatic carbocycles. The van der Waals surface area contributed by atoms with E-state index in [4.69, 9.17) is 4.74 Å². The molecule has 0 saturated carbocycles. The van der Waals surface area contributed by atoms with Gasteiger partial charge in [0.05, 0.1) is 13.2 Å². The Hall–Kier alpha value is -3.42. The second kappa shape index (κ2) is 10.9. The van der Waals surface area contributed by atoms with Crippen LogP contribution in [0.15, 0.2) is 71.7 Å². The van der Waals surface area contributed by atoms with E-state index in [1.807, 2.05) is 48.7 Å². The van der Waals surface area contributed by atoms with Crippen LogP contribution in [-0.4, -0.2) is 38.1 Å².